The van der Waals surface area contributed by atoms with Crippen molar-refractivity contribution < 1.29 is 9.53 Å². The molecular weight excluding hydrogens is 390 g/mol. The van der Waals surface area contributed by atoms with E-state index in [1.807, 2.05) is 89.1 Å². The Morgan fingerprint density at radius 1 is 1.19 bits per heavy atom. The van der Waals surface area contributed by atoms with Gasteiger partial charge in [-0.2, -0.15) is 0 Å². The molecule has 0 saturated carbocycles. The summed E-state index contributed by atoms with van der Waals surface area (Å²) in [5.74, 6) is 2.23. The van der Waals surface area contributed by atoms with Crippen molar-refractivity contribution in [1.82, 2.24) is 19.8 Å². The van der Waals surface area contributed by atoms with Crippen LogP contribution in [0.25, 0.3) is 0 Å². The number of hydrogen-bond donors (Lipinski definition) is 0. The predicted molar refractivity (Wildman–Crippen MR) is 123 cm³/mol. The topological polar surface area (TPSA) is 61.8 Å². The maximum atomic E-state index is 13.5. The van der Waals surface area contributed by atoms with E-state index in [1.165, 1.54) is 0 Å². The van der Waals surface area contributed by atoms with Gasteiger partial charge in [0.1, 0.15) is 11.6 Å². The van der Waals surface area contributed by atoms with Crippen LogP contribution < -0.4 is 9.64 Å². The van der Waals surface area contributed by atoms with Gasteiger partial charge in [-0.05, 0) is 65.4 Å². The van der Waals surface area contributed by atoms with E-state index in [9.17, 15) is 4.79 Å². The normalized spacial score (nSPS) is 16.6. The van der Waals surface area contributed by atoms with Crippen LogP contribution in [0.15, 0.2) is 30.3 Å². The van der Waals surface area contributed by atoms with Crippen LogP contribution in [0, 0.1) is 6.92 Å². The Balaban J connectivity index is 1.87. The van der Waals surface area contributed by atoms with Gasteiger partial charge in [-0.1, -0.05) is 12.1 Å². The molecule has 1 amide bonds. The molecule has 0 bridgehead atoms. The number of nitrogens with zero attached hydrogens (tertiary/aromatic N) is 5. The van der Waals surface area contributed by atoms with Gasteiger partial charge >= 0.3 is 0 Å². The highest BCUT2D eigenvalue weighted by molar-refractivity contribution is 5.85. The van der Waals surface area contributed by atoms with Crippen molar-refractivity contribution in [2.45, 2.75) is 51.8 Å². The molecule has 2 aromatic rings. The summed E-state index contributed by atoms with van der Waals surface area (Å²) in [6.45, 7) is 7.09. The number of rotatable bonds is 7. The van der Waals surface area contributed by atoms with E-state index >= 15 is 0 Å². The number of carbonyl (C=O) groups excluding carboxylic acids is 1. The third kappa shape index (κ3) is 5.53. The quantitative estimate of drug-likeness (QED) is 0.677. The van der Waals surface area contributed by atoms with Gasteiger partial charge < -0.3 is 19.4 Å². The minimum atomic E-state index is -0.984. The second kappa shape index (κ2) is 9.22. The first-order valence-corrected chi connectivity index (χ1v) is 10.8. The van der Waals surface area contributed by atoms with E-state index < -0.39 is 5.60 Å². The van der Waals surface area contributed by atoms with E-state index in [1.54, 1.807) is 0 Å². The molecule has 1 aliphatic heterocycles. The van der Waals surface area contributed by atoms with Crippen LogP contribution in [0.3, 0.4) is 0 Å². The van der Waals surface area contributed by atoms with Gasteiger partial charge in [0.05, 0.1) is 11.7 Å². The third-order valence-electron chi connectivity index (χ3n) is 5.41. The molecule has 1 unspecified atom stereocenters. The molecule has 168 valence electrons. The molecule has 1 aromatic carbocycles. The van der Waals surface area contributed by atoms with Crippen molar-refractivity contribution in [2.24, 2.45) is 0 Å². The molecule has 1 saturated heterocycles. The second-order valence-corrected chi connectivity index (χ2v) is 9.29. The molecular formula is C24H35N5O2. The first-order chi connectivity index (χ1) is 14.6. The zero-order chi connectivity index (χ0) is 22.8. The largest absolute Gasteiger partial charge is 0.478 e. The number of hydrogen-bond acceptors (Lipinski definition) is 6. The fourth-order valence-electron chi connectivity index (χ4n) is 3.93. The summed E-state index contributed by atoms with van der Waals surface area (Å²) < 4.78 is 6.13. The highest BCUT2D eigenvalue weighted by Crippen LogP contribution is 2.34. The molecule has 31 heavy (non-hydrogen) atoms. The molecule has 1 aromatic heterocycles. The van der Waals surface area contributed by atoms with Crippen molar-refractivity contribution in [3.05, 3.63) is 47.4 Å². The van der Waals surface area contributed by atoms with Gasteiger partial charge in [0, 0.05) is 33.3 Å². The Morgan fingerprint density at radius 2 is 1.94 bits per heavy atom. The molecule has 0 aliphatic carbocycles. The lowest BCUT2D eigenvalue weighted by Crippen LogP contribution is -2.48. The summed E-state index contributed by atoms with van der Waals surface area (Å²) in [5.41, 5.74) is 1.07. The standard InChI is InChI=1S/C24H35N5O2/c1-17-10-8-11-19(14-17)31-24(2,3)23(30)29-13-9-12-20(29)22-25-18(16-27(4)5)15-21(26-22)28(6)7/h8,10-11,14-15,20H,9,12-13,16H2,1-7H3. The molecule has 1 atom stereocenters. The summed E-state index contributed by atoms with van der Waals surface area (Å²) in [5, 5.41) is 0. The van der Waals surface area contributed by atoms with E-state index in [2.05, 4.69) is 4.90 Å². The minimum absolute atomic E-state index is 0.0375. The lowest BCUT2D eigenvalue weighted by atomic mass is 10.1. The molecule has 7 nitrogen and oxygen atoms in total. The van der Waals surface area contributed by atoms with Gasteiger partial charge in [-0.15, -0.1) is 0 Å². The molecule has 1 fully saturated rings. The number of amides is 1. The van der Waals surface area contributed by atoms with Crippen LogP contribution >= 0.6 is 0 Å². The summed E-state index contributed by atoms with van der Waals surface area (Å²) in [7, 11) is 7.99. The van der Waals surface area contributed by atoms with E-state index in [0.717, 1.165) is 36.5 Å². The Kier molecular flexibility index (Phi) is 6.84. The first kappa shape index (κ1) is 23.0. The number of anilines is 1. The zero-order valence-corrected chi connectivity index (χ0v) is 19.8. The average molecular weight is 426 g/mol. The average Bonchev–Trinajstić information content (AvgIpc) is 3.15. The van der Waals surface area contributed by atoms with Crippen molar-refractivity contribution >= 4 is 11.7 Å². The van der Waals surface area contributed by atoms with Crippen molar-refractivity contribution in [3.63, 3.8) is 0 Å². The molecule has 2 heterocycles. The van der Waals surface area contributed by atoms with Gasteiger partial charge in [0.15, 0.2) is 11.4 Å². The van der Waals surface area contributed by atoms with Crippen LogP contribution in [0.4, 0.5) is 5.82 Å². The van der Waals surface area contributed by atoms with Crippen molar-refractivity contribution in [1.29, 1.82) is 0 Å². The smallest absolute Gasteiger partial charge is 0.266 e. The number of aryl methyl sites for hydroxylation is 1. The van der Waals surface area contributed by atoms with Crippen molar-refractivity contribution in [2.75, 3.05) is 39.6 Å². The number of ether oxygens (including phenoxy) is 1. The van der Waals surface area contributed by atoms with Gasteiger partial charge in [0.2, 0.25) is 0 Å². The predicted octanol–water partition coefficient (Wildman–Crippen LogP) is 3.43. The lowest BCUT2D eigenvalue weighted by molar-refractivity contribution is -0.146. The number of benzene rings is 1. The van der Waals surface area contributed by atoms with Crippen LogP contribution in [0.1, 0.15) is 49.8 Å². The molecule has 0 spiro atoms. The lowest BCUT2D eigenvalue weighted by Gasteiger charge is -2.33. The minimum Gasteiger partial charge on any atom is -0.478 e. The summed E-state index contributed by atoms with van der Waals surface area (Å²) in [4.78, 5) is 29.1. The second-order valence-electron chi connectivity index (χ2n) is 9.29. The van der Waals surface area contributed by atoms with E-state index in [-0.39, 0.29) is 11.9 Å². The molecule has 0 N–H and O–H groups in total. The first-order valence-electron chi connectivity index (χ1n) is 10.8. The Bertz CT molecular complexity index is 926. The summed E-state index contributed by atoms with van der Waals surface area (Å²) in [6.07, 6.45) is 1.78. The molecule has 3 rings (SSSR count). The van der Waals surface area contributed by atoms with Gasteiger partial charge in [-0.3, -0.25) is 4.79 Å². The molecule has 0 radical (unpaired) electrons. The summed E-state index contributed by atoms with van der Waals surface area (Å²) >= 11 is 0. The van der Waals surface area contributed by atoms with E-state index in [4.69, 9.17) is 14.7 Å². The summed E-state index contributed by atoms with van der Waals surface area (Å²) in [6, 6.07) is 9.66. The van der Waals surface area contributed by atoms with Crippen LogP contribution in [0.2, 0.25) is 0 Å². The Labute approximate surface area is 186 Å². The third-order valence-corrected chi connectivity index (χ3v) is 5.41. The highest BCUT2D eigenvalue weighted by Gasteiger charge is 2.41. The van der Waals surface area contributed by atoms with Crippen LogP contribution in [-0.2, 0) is 11.3 Å². The van der Waals surface area contributed by atoms with Crippen LogP contribution in [-0.4, -0.2) is 66.0 Å². The highest BCUT2D eigenvalue weighted by atomic mass is 16.5. The maximum Gasteiger partial charge on any atom is 0.266 e. The fourth-order valence-corrected chi connectivity index (χ4v) is 3.93. The monoisotopic (exact) mass is 425 g/mol. The fraction of sp³-hybridized carbons (Fsp3) is 0.542. The SMILES string of the molecule is Cc1cccc(OC(C)(C)C(=O)N2CCCC2c2nc(CN(C)C)cc(N(C)C)n2)c1. The Morgan fingerprint density at radius 3 is 2.58 bits per heavy atom. The number of likely N-dealkylation sites (tertiary alicyclic amines) is 1. The van der Waals surface area contributed by atoms with E-state index in [0.29, 0.717) is 18.1 Å². The zero-order valence-electron chi connectivity index (χ0n) is 19.8. The van der Waals surface area contributed by atoms with Crippen LogP contribution in [0.5, 0.6) is 5.75 Å². The van der Waals surface area contributed by atoms with Crippen molar-refractivity contribution in [3.8, 4) is 5.75 Å². The van der Waals surface area contributed by atoms with Gasteiger partial charge in [0.25, 0.3) is 5.91 Å². The number of aromatic nitrogens is 2. The molecule has 7 heteroatoms. The Hall–Kier alpha value is -2.67. The van der Waals surface area contributed by atoms with Gasteiger partial charge in [-0.25, -0.2) is 9.97 Å². The maximum absolute atomic E-state index is 13.5. The number of carbonyl (C=O) groups is 1. The molecule has 1 aliphatic rings.